The van der Waals surface area contributed by atoms with Gasteiger partial charge in [-0.25, -0.2) is 0 Å². The minimum atomic E-state index is -0.158. The van der Waals surface area contributed by atoms with Crippen LogP contribution in [0.5, 0.6) is 0 Å². The lowest BCUT2D eigenvalue weighted by Gasteiger charge is -2.34. The minimum absolute atomic E-state index is 0.0442. The van der Waals surface area contributed by atoms with Crippen molar-refractivity contribution in [2.75, 3.05) is 26.3 Å². The van der Waals surface area contributed by atoms with E-state index in [9.17, 15) is 4.79 Å². The molecular weight excluding hydrogens is 378 g/mol. The van der Waals surface area contributed by atoms with Crippen molar-refractivity contribution >= 4 is 12.0 Å². The molecule has 1 unspecified atom stereocenters. The normalized spacial score (nSPS) is 20.4. The Morgan fingerprint density at radius 1 is 1.17 bits per heavy atom. The number of likely N-dealkylation sites (tertiary alicyclic amines) is 1. The van der Waals surface area contributed by atoms with Gasteiger partial charge in [-0.1, -0.05) is 29.8 Å². The van der Waals surface area contributed by atoms with Gasteiger partial charge < -0.3 is 14.4 Å². The zero-order valence-corrected chi connectivity index (χ0v) is 18.1. The van der Waals surface area contributed by atoms with Gasteiger partial charge in [-0.15, -0.1) is 0 Å². The number of nitrogens with zero attached hydrogens (tertiary/aromatic N) is 3. The number of piperidine rings is 1. The molecule has 0 spiro atoms. The lowest BCUT2D eigenvalue weighted by molar-refractivity contribution is -0.134. The van der Waals surface area contributed by atoms with Gasteiger partial charge in [0.1, 0.15) is 0 Å². The van der Waals surface area contributed by atoms with Crippen molar-refractivity contribution in [2.24, 2.45) is 5.92 Å². The number of hydrogen-bond acceptors (Lipinski definition) is 4. The van der Waals surface area contributed by atoms with Crippen LogP contribution in [-0.4, -0.2) is 53.2 Å². The standard InChI is InChI=1S/C24H31N3O3/c1-17-6-8-20(9-7-17)15-27-19(3)22(18(2)25-27)10-11-23(28)26-12-4-5-21(16-26)24-29-13-14-30-24/h6-11,21,24H,4-5,12-16H2,1-3H3/b11-10+. The third kappa shape index (κ3) is 4.65. The summed E-state index contributed by atoms with van der Waals surface area (Å²) in [5, 5.41) is 4.69. The third-order valence-corrected chi connectivity index (χ3v) is 6.08. The highest BCUT2D eigenvalue weighted by Gasteiger charge is 2.32. The van der Waals surface area contributed by atoms with E-state index in [0.29, 0.717) is 19.8 Å². The van der Waals surface area contributed by atoms with Crippen LogP contribution >= 0.6 is 0 Å². The highest BCUT2D eigenvalue weighted by Crippen LogP contribution is 2.25. The fourth-order valence-corrected chi connectivity index (χ4v) is 4.31. The van der Waals surface area contributed by atoms with Crippen molar-refractivity contribution < 1.29 is 14.3 Å². The number of hydrogen-bond donors (Lipinski definition) is 0. The maximum atomic E-state index is 12.8. The molecular formula is C24H31N3O3. The number of carbonyl (C=O) groups excluding carboxylic acids is 1. The highest BCUT2D eigenvalue weighted by molar-refractivity contribution is 5.92. The number of ether oxygens (including phenoxy) is 2. The smallest absolute Gasteiger partial charge is 0.246 e. The molecule has 0 N–H and O–H groups in total. The van der Waals surface area contributed by atoms with Gasteiger partial charge in [-0.05, 0) is 45.3 Å². The van der Waals surface area contributed by atoms with Gasteiger partial charge in [0.05, 0.1) is 25.5 Å². The van der Waals surface area contributed by atoms with Crippen LogP contribution < -0.4 is 0 Å². The zero-order chi connectivity index (χ0) is 21.1. The second-order valence-corrected chi connectivity index (χ2v) is 8.36. The summed E-state index contributed by atoms with van der Waals surface area (Å²) in [6.07, 6.45) is 5.47. The molecule has 1 aromatic heterocycles. The summed E-state index contributed by atoms with van der Waals surface area (Å²) in [6.45, 7) is 9.66. The van der Waals surface area contributed by atoms with E-state index in [-0.39, 0.29) is 18.1 Å². The molecule has 6 heteroatoms. The van der Waals surface area contributed by atoms with Crippen LogP contribution in [0.4, 0.5) is 0 Å². The quantitative estimate of drug-likeness (QED) is 0.710. The predicted octanol–water partition coefficient (Wildman–Crippen LogP) is 3.48. The van der Waals surface area contributed by atoms with Gasteiger partial charge in [0.15, 0.2) is 6.29 Å². The van der Waals surface area contributed by atoms with E-state index in [1.54, 1.807) is 6.08 Å². The van der Waals surface area contributed by atoms with Gasteiger partial charge in [-0.3, -0.25) is 9.48 Å². The average Bonchev–Trinajstić information content (AvgIpc) is 3.37. The molecule has 1 aromatic carbocycles. The van der Waals surface area contributed by atoms with Crippen LogP contribution in [0.15, 0.2) is 30.3 Å². The first-order chi connectivity index (χ1) is 14.5. The van der Waals surface area contributed by atoms with Gasteiger partial charge in [-0.2, -0.15) is 5.10 Å². The number of benzene rings is 1. The maximum Gasteiger partial charge on any atom is 0.246 e. The van der Waals surface area contributed by atoms with Crippen molar-refractivity contribution in [3.05, 3.63) is 58.4 Å². The summed E-state index contributed by atoms with van der Waals surface area (Å²) in [4.78, 5) is 14.7. The van der Waals surface area contributed by atoms with Crippen LogP contribution in [0.1, 0.15) is 40.9 Å². The molecule has 30 heavy (non-hydrogen) atoms. The summed E-state index contributed by atoms with van der Waals surface area (Å²) >= 11 is 0. The molecule has 0 aliphatic carbocycles. The molecule has 0 radical (unpaired) electrons. The Bertz CT molecular complexity index is 911. The summed E-state index contributed by atoms with van der Waals surface area (Å²) in [5.41, 5.74) is 5.49. The lowest BCUT2D eigenvalue weighted by Crippen LogP contribution is -2.43. The number of amides is 1. The summed E-state index contributed by atoms with van der Waals surface area (Å²) < 4.78 is 13.3. The van der Waals surface area contributed by atoms with Crippen molar-refractivity contribution in [3.63, 3.8) is 0 Å². The van der Waals surface area contributed by atoms with E-state index >= 15 is 0 Å². The fourth-order valence-electron chi connectivity index (χ4n) is 4.31. The minimum Gasteiger partial charge on any atom is -0.350 e. The van der Waals surface area contributed by atoms with Gasteiger partial charge >= 0.3 is 0 Å². The topological polar surface area (TPSA) is 56.6 Å². The van der Waals surface area contributed by atoms with Crippen molar-refractivity contribution in [1.82, 2.24) is 14.7 Å². The molecule has 2 aliphatic rings. The van der Waals surface area contributed by atoms with Crippen LogP contribution in [0.2, 0.25) is 0 Å². The van der Waals surface area contributed by atoms with Gasteiger partial charge in [0, 0.05) is 36.3 Å². The average molecular weight is 410 g/mol. The SMILES string of the molecule is Cc1ccc(Cn2nc(C)c(/C=C/C(=O)N3CCCC(C4OCCO4)C3)c2C)cc1. The Morgan fingerprint density at radius 3 is 2.63 bits per heavy atom. The van der Waals surface area contributed by atoms with Crippen molar-refractivity contribution in [2.45, 2.75) is 46.4 Å². The largest absolute Gasteiger partial charge is 0.350 e. The molecule has 3 heterocycles. The third-order valence-electron chi connectivity index (χ3n) is 6.08. The lowest BCUT2D eigenvalue weighted by atomic mass is 9.97. The van der Waals surface area contributed by atoms with Crippen molar-refractivity contribution in [3.8, 4) is 0 Å². The van der Waals surface area contributed by atoms with Crippen LogP contribution in [0.25, 0.3) is 6.08 Å². The van der Waals surface area contributed by atoms with Crippen LogP contribution in [0, 0.1) is 26.7 Å². The summed E-state index contributed by atoms with van der Waals surface area (Å²) in [6, 6.07) is 8.51. The first kappa shape index (κ1) is 20.8. The van der Waals surface area contributed by atoms with E-state index in [4.69, 9.17) is 14.6 Å². The second kappa shape index (κ2) is 9.14. The van der Waals surface area contributed by atoms with Gasteiger partial charge in [0.2, 0.25) is 5.91 Å². The Hall–Kier alpha value is -2.44. The van der Waals surface area contributed by atoms with Crippen LogP contribution in [-0.2, 0) is 20.8 Å². The highest BCUT2D eigenvalue weighted by atomic mass is 16.7. The second-order valence-electron chi connectivity index (χ2n) is 8.36. The van der Waals surface area contributed by atoms with E-state index in [1.807, 2.05) is 22.6 Å². The molecule has 1 amide bonds. The molecule has 2 aromatic rings. The first-order valence-electron chi connectivity index (χ1n) is 10.8. The zero-order valence-electron chi connectivity index (χ0n) is 18.1. The maximum absolute atomic E-state index is 12.8. The molecule has 0 bridgehead atoms. The molecule has 2 fully saturated rings. The van der Waals surface area contributed by atoms with Crippen molar-refractivity contribution in [1.29, 1.82) is 0 Å². The summed E-state index contributed by atoms with van der Waals surface area (Å²) in [5.74, 6) is 0.308. The van der Waals surface area contributed by atoms with E-state index in [1.165, 1.54) is 11.1 Å². The van der Waals surface area contributed by atoms with Crippen LogP contribution in [0.3, 0.4) is 0 Å². The Kier molecular flexibility index (Phi) is 6.35. The number of aromatic nitrogens is 2. The molecule has 2 aliphatic heterocycles. The van der Waals surface area contributed by atoms with E-state index < -0.39 is 0 Å². The number of rotatable bonds is 5. The number of carbonyl (C=O) groups is 1. The molecule has 2 saturated heterocycles. The molecule has 0 saturated carbocycles. The Balaban J connectivity index is 1.42. The number of aryl methyl sites for hydroxylation is 2. The Labute approximate surface area is 178 Å². The van der Waals surface area contributed by atoms with Gasteiger partial charge in [0.25, 0.3) is 0 Å². The predicted molar refractivity (Wildman–Crippen MR) is 116 cm³/mol. The monoisotopic (exact) mass is 409 g/mol. The Morgan fingerprint density at radius 2 is 1.90 bits per heavy atom. The van der Waals surface area contributed by atoms with E-state index in [0.717, 1.165) is 42.9 Å². The first-order valence-corrected chi connectivity index (χ1v) is 10.8. The summed E-state index contributed by atoms with van der Waals surface area (Å²) in [7, 11) is 0. The molecule has 160 valence electrons. The van der Waals surface area contributed by atoms with E-state index in [2.05, 4.69) is 38.1 Å². The fraction of sp³-hybridized carbons (Fsp3) is 0.500. The molecule has 4 rings (SSSR count). The molecule has 6 nitrogen and oxygen atoms in total. The molecule has 1 atom stereocenters.